The minimum Gasteiger partial charge on any atom is -0.396 e. The number of aromatic nitrogens is 1. The molecule has 1 aliphatic carbocycles. The maximum Gasteiger partial charge on any atom is 0.322 e. The fourth-order valence-electron chi connectivity index (χ4n) is 2.08. The molecule has 0 spiro atoms. The average molecular weight is 342 g/mol. The Bertz CT molecular complexity index is 477. The normalized spacial score (nSPS) is 14.2. The summed E-state index contributed by atoms with van der Waals surface area (Å²) in [5.41, 5.74) is 1.53. The molecule has 0 saturated heterocycles. The zero-order valence-electron chi connectivity index (χ0n) is 11.6. The van der Waals surface area contributed by atoms with Crippen molar-refractivity contribution >= 4 is 27.6 Å². The number of rotatable bonds is 6. The van der Waals surface area contributed by atoms with E-state index in [1.807, 2.05) is 24.0 Å². The number of hydrogen-bond acceptors (Lipinski definition) is 3. The van der Waals surface area contributed by atoms with E-state index in [2.05, 4.69) is 26.2 Å². The number of amides is 2. The van der Waals surface area contributed by atoms with E-state index >= 15 is 0 Å². The summed E-state index contributed by atoms with van der Waals surface area (Å²) in [6.45, 7) is 2.74. The lowest BCUT2D eigenvalue weighted by molar-refractivity contribution is 0.204. The molecule has 0 aliphatic heterocycles. The second kappa shape index (κ2) is 7.04. The smallest absolute Gasteiger partial charge is 0.322 e. The number of carbonyl (C=O) groups excluding carboxylic acids is 1. The van der Waals surface area contributed by atoms with Gasteiger partial charge in [-0.25, -0.2) is 9.78 Å². The third kappa shape index (κ3) is 4.18. The maximum absolute atomic E-state index is 12.3. The van der Waals surface area contributed by atoms with Gasteiger partial charge in [-0.2, -0.15) is 0 Å². The first-order valence-electron chi connectivity index (χ1n) is 6.93. The number of aryl methyl sites for hydroxylation is 1. The predicted molar refractivity (Wildman–Crippen MR) is 81.7 cm³/mol. The predicted octanol–water partition coefficient (Wildman–Crippen LogP) is 2.92. The van der Waals surface area contributed by atoms with Gasteiger partial charge in [0.05, 0.1) is 11.4 Å². The number of halogens is 1. The van der Waals surface area contributed by atoms with Crippen molar-refractivity contribution in [3.8, 4) is 0 Å². The van der Waals surface area contributed by atoms with Crippen LogP contribution in [0.4, 0.5) is 10.5 Å². The van der Waals surface area contributed by atoms with Crippen LogP contribution in [0, 0.1) is 6.92 Å². The van der Waals surface area contributed by atoms with Crippen LogP contribution in [0.1, 0.15) is 31.4 Å². The lowest BCUT2D eigenvalue weighted by Gasteiger charge is -2.23. The van der Waals surface area contributed by atoms with E-state index in [0.717, 1.165) is 41.7 Å². The number of carbonyl (C=O) groups is 1. The summed E-state index contributed by atoms with van der Waals surface area (Å²) >= 11 is 3.31. The molecule has 2 rings (SSSR count). The molecule has 0 atom stereocenters. The average Bonchev–Trinajstić information content (AvgIpc) is 3.22. The molecule has 1 aliphatic rings. The molecule has 1 saturated carbocycles. The van der Waals surface area contributed by atoms with E-state index < -0.39 is 0 Å². The molecule has 0 bridgehead atoms. The molecule has 0 aromatic carbocycles. The van der Waals surface area contributed by atoms with Gasteiger partial charge in [0.25, 0.3) is 0 Å². The van der Waals surface area contributed by atoms with Gasteiger partial charge in [0.2, 0.25) is 0 Å². The molecule has 1 aromatic heterocycles. The van der Waals surface area contributed by atoms with E-state index in [1.54, 1.807) is 0 Å². The van der Waals surface area contributed by atoms with Crippen LogP contribution in [0.2, 0.25) is 0 Å². The largest absolute Gasteiger partial charge is 0.396 e. The molecule has 1 heterocycles. The Morgan fingerprint density at radius 3 is 2.85 bits per heavy atom. The molecule has 1 fully saturated rings. The van der Waals surface area contributed by atoms with Crippen LogP contribution in [0.15, 0.2) is 16.7 Å². The number of aliphatic hydroxyl groups is 1. The topological polar surface area (TPSA) is 65.5 Å². The van der Waals surface area contributed by atoms with Gasteiger partial charge in [-0.1, -0.05) is 0 Å². The van der Waals surface area contributed by atoms with Crippen molar-refractivity contribution in [2.24, 2.45) is 0 Å². The number of unbranched alkanes of at least 4 members (excludes halogenated alkanes) is 1. The minimum absolute atomic E-state index is 0.0716. The van der Waals surface area contributed by atoms with E-state index in [1.165, 1.54) is 0 Å². The van der Waals surface area contributed by atoms with Gasteiger partial charge in [-0.05, 0) is 60.7 Å². The third-order valence-electron chi connectivity index (χ3n) is 3.35. The molecule has 2 amide bonds. The van der Waals surface area contributed by atoms with Crippen LogP contribution >= 0.6 is 15.9 Å². The van der Waals surface area contributed by atoms with Crippen LogP contribution in [-0.2, 0) is 0 Å². The molecule has 6 heteroatoms. The number of nitrogens with one attached hydrogen (secondary N) is 1. The summed E-state index contributed by atoms with van der Waals surface area (Å²) in [7, 11) is 0. The van der Waals surface area contributed by atoms with Gasteiger partial charge < -0.3 is 15.3 Å². The number of nitrogens with zero attached hydrogens (tertiary/aromatic N) is 2. The standard InChI is InChI=1S/C14H20BrN3O2/c1-10-12(6-7-13(15)16-10)17-14(20)18(11-4-5-11)8-2-3-9-19/h6-7,11,19H,2-5,8-9H2,1H3,(H,17,20). The van der Waals surface area contributed by atoms with Gasteiger partial charge in [0.1, 0.15) is 4.60 Å². The highest BCUT2D eigenvalue weighted by molar-refractivity contribution is 9.10. The summed E-state index contributed by atoms with van der Waals surface area (Å²) in [4.78, 5) is 18.5. The third-order valence-corrected chi connectivity index (χ3v) is 3.79. The minimum atomic E-state index is -0.0716. The highest BCUT2D eigenvalue weighted by atomic mass is 79.9. The van der Waals surface area contributed by atoms with Crippen molar-refractivity contribution in [1.29, 1.82) is 0 Å². The second-order valence-electron chi connectivity index (χ2n) is 5.05. The molecule has 20 heavy (non-hydrogen) atoms. The maximum atomic E-state index is 12.3. The number of hydrogen-bond donors (Lipinski definition) is 2. The van der Waals surface area contributed by atoms with Crippen LogP contribution in [0.5, 0.6) is 0 Å². The van der Waals surface area contributed by atoms with Crippen LogP contribution in [0.3, 0.4) is 0 Å². The number of aliphatic hydroxyl groups excluding tert-OH is 1. The number of anilines is 1. The first-order valence-corrected chi connectivity index (χ1v) is 7.72. The molecule has 0 unspecified atom stereocenters. The quantitative estimate of drug-likeness (QED) is 0.617. The van der Waals surface area contributed by atoms with Gasteiger partial charge in [0, 0.05) is 19.2 Å². The van der Waals surface area contributed by atoms with Crippen LogP contribution in [-0.4, -0.2) is 40.2 Å². The van der Waals surface area contributed by atoms with E-state index in [0.29, 0.717) is 12.6 Å². The van der Waals surface area contributed by atoms with Crippen LogP contribution < -0.4 is 5.32 Å². The Morgan fingerprint density at radius 1 is 1.50 bits per heavy atom. The molecule has 1 aromatic rings. The first kappa shape index (κ1) is 15.3. The molecule has 110 valence electrons. The van der Waals surface area contributed by atoms with Crippen molar-refractivity contribution in [1.82, 2.24) is 9.88 Å². The summed E-state index contributed by atoms with van der Waals surface area (Å²) in [5.74, 6) is 0. The van der Waals surface area contributed by atoms with Crippen molar-refractivity contribution in [3.05, 3.63) is 22.4 Å². The summed E-state index contributed by atoms with van der Waals surface area (Å²) in [5, 5.41) is 11.8. The Balaban J connectivity index is 1.97. The zero-order chi connectivity index (χ0) is 14.5. The monoisotopic (exact) mass is 341 g/mol. The molecular weight excluding hydrogens is 322 g/mol. The molecule has 0 radical (unpaired) electrons. The van der Waals surface area contributed by atoms with Gasteiger partial charge in [-0.15, -0.1) is 0 Å². The fraction of sp³-hybridized carbons (Fsp3) is 0.571. The lowest BCUT2D eigenvalue weighted by atomic mass is 10.3. The second-order valence-corrected chi connectivity index (χ2v) is 5.86. The highest BCUT2D eigenvalue weighted by Crippen LogP contribution is 2.28. The lowest BCUT2D eigenvalue weighted by Crippen LogP contribution is -2.37. The molecular formula is C14H20BrN3O2. The van der Waals surface area contributed by atoms with E-state index in [9.17, 15) is 4.79 Å². The van der Waals surface area contributed by atoms with Crippen molar-refractivity contribution in [3.63, 3.8) is 0 Å². The Kier molecular flexibility index (Phi) is 5.37. The highest BCUT2D eigenvalue weighted by Gasteiger charge is 2.32. The Labute approximate surface area is 127 Å². The fourth-order valence-corrected chi connectivity index (χ4v) is 2.48. The van der Waals surface area contributed by atoms with Gasteiger partial charge in [-0.3, -0.25) is 0 Å². The summed E-state index contributed by atoms with van der Waals surface area (Å²) < 4.78 is 0.759. The first-order chi connectivity index (χ1) is 9.61. The Morgan fingerprint density at radius 2 is 2.25 bits per heavy atom. The summed E-state index contributed by atoms with van der Waals surface area (Å²) in [6.07, 6.45) is 3.71. The van der Waals surface area contributed by atoms with Gasteiger partial charge in [0.15, 0.2) is 0 Å². The van der Waals surface area contributed by atoms with Crippen LogP contribution in [0.25, 0.3) is 0 Å². The SMILES string of the molecule is Cc1nc(Br)ccc1NC(=O)N(CCCCO)C1CC1. The van der Waals surface area contributed by atoms with Crippen molar-refractivity contribution in [2.75, 3.05) is 18.5 Å². The van der Waals surface area contributed by atoms with Gasteiger partial charge >= 0.3 is 6.03 Å². The Hall–Kier alpha value is -1.14. The van der Waals surface area contributed by atoms with Crippen molar-refractivity contribution in [2.45, 2.75) is 38.6 Å². The van der Waals surface area contributed by atoms with E-state index in [4.69, 9.17) is 5.11 Å². The number of pyridine rings is 1. The van der Waals surface area contributed by atoms with E-state index in [-0.39, 0.29) is 12.6 Å². The number of urea groups is 1. The molecule has 2 N–H and O–H groups in total. The summed E-state index contributed by atoms with van der Waals surface area (Å²) in [6, 6.07) is 3.95. The molecule has 5 nitrogen and oxygen atoms in total. The zero-order valence-corrected chi connectivity index (χ0v) is 13.2. The van der Waals surface area contributed by atoms with Crippen molar-refractivity contribution < 1.29 is 9.90 Å².